The second-order valence-corrected chi connectivity index (χ2v) is 4.06. The number of aromatic nitrogens is 1. The van der Waals surface area contributed by atoms with Gasteiger partial charge in [-0.25, -0.2) is 4.79 Å². The van der Waals surface area contributed by atoms with Gasteiger partial charge >= 0.3 is 5.97 Å². The van der Waals surface area contributed by atoms with E-state index in [0.29, 0.717) is 5.71 Å². The molecule has 0 spiro atoms. The Kier molecular flexibility index (Phi) is 2.44. The molecule has 0 bridgehead atoms. The van der Waals surface area contributed by atoms with Crippen molar-refractivity contribution in [3.63, 3.8) is 0 Å². The van der Waals surface area contributed by atoms with Crippen LogP contribution in [0.25, 0.3) is 10.9 Å². The molecule has 5 nitrogen and oxygen atoms in total. The van der Waals surface area contributed by atoms with Crippen molar-refractivity contribution < 1.29 is 14.7 Å². The van der Waals surface area contributed by atoms with E-state index >= 15 is 0 Å². The van der Waals surface area contributed by atoms with Crippen molar-refractivity contribution in [2.24, 2.45) is 5.16 Å². The first-order valence-electron chi connectivity index (χ1n) is 5.55. The Balaban J connectivity index is 2.03. The Labute approximate surface area is 103 Å². The third-order valence-corrected chi connectivity index (χ3v) is 2.89. The lowest BCUT2D eigenvalue weighted by Crippen LogP contribution is -2.19. The minimum atomic E-state index is -0.998. The van der Waals surface area contributed by atoms with Gasteiger partial charge in [0.1, 0.15) is 0 Å². The number of carboxylic acids is 1. The minimum absolute atomic E-state index is 0.269. The van der Waals surface area contributed by atoms with E-state index in [1.54, 1.807) is 6.20 Å². The summed E-state index contributed by atoms with van der Waals surface area (Å²) >= 11 is 0. The van der Waals surface area contributed by atoms with Crippen LogP contribution in [0.15, 0.2) is 41.7 Å². The first kappa shape index (κ1) is 10.7. The number of nitrogens with zero attached hydrogens (tertiary/aromatic N) is 2. The molecular formula is C13H10N2O3. The van der Waals surface area contributed by atoms with Crippen LogP contribution < -0.4 is 0 Å². The summed E-state index contributed by atoms with van der Waals surface area (Å²) in [5, 5.41) is 13.7. The molecule has 2 heterocycles. The van der Waals surface area contributed by atoms with Crippen LogP contribution in [0.5, 0.6) is 0 Å². The van der Waals surface area contributed by atoms with E-state index in [1.165, 1.54) is 0 Å². The molecule has 5 heteroatoms. The quantitative estimate of drug-likeness (QED) is 0.871. The van der Waals surface area contributed by atoms with Crippen LogP contribution in [0.4, 0.5) is 0 Å². The number of aliphatic carboxylic acids is 1. The van der Waals surface area contributed by atoms with Crippen molar-refractivity contribution in [3.05, 3.63) is 42.1 Å². The number of hydrogen-bond donors (Lipinski definition) is 1. The largest absolute Gasteiger partial charge is 0.478 e. The standard InChI is InChI=1S/C13H10N2O3/c16-13(17)11-7-10(15-18-11)9-5-1-3-8-4-2-6-14-12(8)9/h1-6,11H,7H2,(H,16,17). The number of rotatable bonds is 2. The lowest BCUT2D eigenvalue weighted by molar-refractivity contribution is -0.148. The molecule has 3 rings (SSSR count). The summed E-state index contributed by atoms with van der Waals surface area (Å²) in [7, 11) is 0. The second-order valence-electron chi connectivity index (χ2n) is 4.06. The van der Waals surface area contributed by atoms with Gasteiger partial charge in [-0.15, -0.1) is 0 Å². The predicted octanol–water partition coefficient (Wildman–Crippen LogP) is 1.81. The van der Waals surface area contributed by atoms with E-state index in [1.807, 2.05) is 30.3 Å². The molecule has 0 saturated carbocycles. The van der Waals surface area contributed by atoms with Crippen LogP contribution in [0.1, 0.15) is 12.0 Å². The summed E-state index contributed by atoms with van der Waals surface area (Å²) in [4.78, 5) is 20.0. The molecule has 18 heavy (non-hydrogen) atoms. The zero-order chi connectivity index (χ0) is 12.5. The number of pyridine rings is 1. The Morgan fingerprint density at radius 2 is 2.17 bits per heavy atom. The fourth-order valence-corrected chi connectivity index (χ4v) is 2.01. The van der Waals surface area contributed by atoms with Crippen molar-refractivity contribution in [1.29, 1.82) is 0 Å². The van der Waals surface area contributed by atoms with Gasteiger partial charge in [0.15, 0.2) is 0 Å². The number of carbonyl (C=O) groups is 1. The molecule has 1 aliphatic rings. The summed E-state index contributed by atoms with van der Waals surface area (Å²) in [6.45, 7) is 0. The van der Waals surface area contributed by atoms with Crippen LogP contribution in [-0.2, 0) is 9.63 Å². The Morgan fingerprint density at radius 1 is 1.33 bits per heavy atom. The van der Waals surface area contributed by atoms with Gasteiger partial charge in [0, 0.05) is 23.6 Å². The molecular weight excluding hydrogens is 232 g/mol. The van der Waals surface area contributed by atoms with Crippen molar-refractivity contribution in [3.8, 4) is 0 Å². The zero-order valence-corrected chi connectivity index (χ0v) is 9.41. The van der Waals surface area contributed by atoms with Crippen molar-refractivity contribution in [2.45, 2.75) is 12.5 Å². The summed E-state index contributed by atoms with van der Waals surface area (Å²) in [5.74, 6) is -0.998. The molecule has 1 aliphatic heterocycles. The first-order chi connectivity index (χ1) is 8.75. The third kappa shape index (κ3) is 1.69. The molecule has 2 aromatic rings. The average Bonchev–Trinajstić information content (AvgIpc) is 2.87. The first-order valence-corrected chi connectivity index (χ1v) is 5.55. The summed E-state index contributed by atoms with van der Waals surface area (Å²) in [5.41, 5.74) is 2.27. The van der Waals surface area contributed by atoms with Gasteiger partial charge in [-0.1, -0.05) is 29.4 Å². The van der Waals surface area contributed by atoms with Crippen LogP contribution in [0, 0.1) is 0 Å². The highest BCUT2D eigenvalue weighted by Crippen LogP contribution is 2.22. The Morgan fingerprint density at radius 3 is 2.94 bits per heavy atom. The molecule has 0 radical (unpaired) electrons. The van der Waals surface area contributed by atoms with E-state index in [-0.39, 0.29) is 6.42 Å². The monoisotopic (exact) mass is 242 g/mol. The molecule has 0 aliphatic carbocycles. The average molecular weight is 242 g/mol. The topological polar surface area (TPSA) is 71.8 Å². The molecule has 1 atom stereocenters. The van der Waals surface area contributed by atoms with Gasteiger partial charge in [-0.3, -0.25) is 4.98 Å². The van der Waals surface area contributed by atoms with Crippen molar-refractivity contribution >= 4 is 22.6 Å². The number of oxime groups is 1. The number of hydrogen-bond acceptors (Lipinski definition) is 4. The van der Waals surface area contributed by atoms with Gasteiger partial charge in [0.2, 0.25) is 6.10 Å². The van der Waals surface area contributed by atoms with E-state index in [4.69, 9.17) is 9.94 Å². The molecule has 0 amide bonds. The highest BCUT2D eigenvalue weighted by molar-refractivity contribution is 6.11. The van der Waals surface area contributed by atoms with Crippen molar-refractivity contribution in [1.82, 2.24) is 4.98 Å². The van der Waals surface area contributed by atoms with E-state index in [0.717, 1.165) is 16.5 Å². The van der Waals surface area contributed by atoms with Crippen LogP contribution in [-0.4, -0.2) is 27.9 Å². The van der Waals surface area contributed by atoms with Crippen LogP contribution in [0.2, 0.25) is 0 Å². The predicted molar refractivity (Wildman–Crippen MR) is 65.4 cm³/mol. The molecule has 1 aromatic heterocycles. The van der Waals surface area contributed by atoms with Crippen molar-refractivity contribution in [2.75, 3.05) is 0 Å². The fourth-order valence-electron chi connectivity index (χ4n) is 2.01. The van der Waals surface area contributed by atoms with Gasteiger partial charge in [0.05, 0.1) is 11.2 Å². The smallest absolute Gasteiger partial charge is 0.348 e. The molecule has 0 saturated heterocycles. The highest BCUT2D eigenvalue weighted by atomic mass is 16.7. The number of fused-ring (bicyclic) bond motifs is 1. The summed E-state index contributed by atoms with van der Waals surface area (Å²) < 4.78 is 0. The highest BCUT2D eigenvalue weighted by Gasteiger charge is 2.29. The van der Waals surface area contributed by atoms with Crippen LogP contribution in [0.3, 0.4) is 0 Å². The molecule has 1 unspecified atom stereocenters. The SMILES string of the molecule is O=C(O)C1CC(c2cccc3cccnc23)=NO1. The molecule has 90 valence electrons. The lowest BCUT2D eigenvalue weighted by atomic mass is 10.0. The van der Waals surface area contributed by atoms with Gasteiger partial charge in [0.25, 0.3) is 0 Å². The minimum Gasteiger partial charge on any atom is -0.478 e. The Bertz CT molecular complexity index is 646. The molecule has 1 N–H and O–H groups in total. The third-order valence-electron chi connectivity index (χ3n) is 2.89. The normalized spacial score (nSPS) is 18.4. The lowest BCUT2D eigenvalue weighted by Gasteiger charge is -2.03. The number of carboxylic acid groups (broad SMARTS) is 1. The summed E-state index contributed by atoms with van der Waals surface area (Å²) in [6.07, 6.45) is 1.08. The second kappa shape index (κ2) is 4.10. The maximum atomic E-state index is 10.8. The molecule has 1 aromatic carbocycles. The Hall–Kier alpha value is -2.43. The number of benzene rings is 1. The van der Waals surface area contributed by atoms with E-state index in [9.17, 15) is 4.79 Å². The fraction of sp³-hybridized carbons (Fsp3) is 0.154. The maximum Gasteiger partial charge on any atom is 0.348 e. The zero-order valence-electron chi connectivity index (χ0n) is 9.41. The summed E-state index contributed by atoms with van der Waals surface area (Å²) in [6, 6.07) is 9.55. The van der Waals surface area contributed by atoms with E-state index in [2.05, 4.69) is 10.1 Å². The van der Waals surface area contributed by atoms with E-state index < -0.39 is 12.1 Å². The van der Waals surface area contributed by atoms with Gasteiger partial charge in [-0.05, 0) is 6.07 Å². The van der Waals surface area contributed by atoms with Crippen LogP contribution >= 0.6 is 0 Å². The maximum absolute atomic E-state index is 10.8. The van der Waals surface area contributed by atoms with Gasteiger partial charge in [-0.2, -0.15) is 0 Å². The number of para-hydroxylation sites is 1. The van der Waals surface area contributed by atoms with Gasteiger partial charge < -0.3 is 9.94 Å². The molecule has 0 fully saturated rings.